The molecule has 0 radical (unpaired) electrons. The molecule has 0 bridgehead atoms. The summed E-state index contributed by atoms with van der Waals surface area (Å²) in [5, 5.41) is 5.36. The van der Waals surface area contributed by atoms with Crippen molar-refractivity contribution < 1.29 is 0 Å². The zero-order valence-electron chi connectivity index (χ0n) is 15.0. The van der Waals surface area contributed by atoms with Crippen molar-refractivity contribution in [1.29, 1.82) is 0 Å². The molecule has 0 saturated heterocycles. The lowest BCUT2D eigenvalue weighted by Crippen LogP contribution is -1.97. The maximum atomic E-state index is 4.58. The first kappa shape index (κ1) is 17.7. The number of nitrogens with one attached hydrogen (secondary N) is 1. The molecule has 0 aliphatic carbocycles. The average Bonchev–Trinajstić information content (AvgIpc) is 3.13. The van der Waals surface area contributed by atoms with Crippen LogP contribution in [0.25, 0.3) is 20.7 Å². The molecule has 4 nitrogen and oxygen atoms in total. The van der Waals surface area contributed by atoms with E-state index in [1.54, 1.807) is 29.3 Å². The average molecular weight is 391 g/mol. The van der Waals surface area contributed by atoms with E-state index in [0.29, 0.717) is 0 Å². The third-order valence-corrected chi connectivity index (χ3v) is 5.88. The van der Waals surface area contributed by atoms with Gasteiger partial charge in [0, 0.05) is 9.77 Å². The lowest BCUT2D eigenvalue weighted by molar-refractivity contribution is 1.09. The zero-order chi connectivity index (χ0) is 18.6. The van der Waals surface area contributed by atoms with Gasteiger partial charge in [0.2, 0.25) is 0 Å². The third kappa shape index (κ3) is 4.02. The molecule has 0 fully saturated rings. The van der Waals surface area contributed by atoms with Crippen LogP contribution in [0.15, 0.2) is 70.7 Å². The zero-order valence-corrected chi connectivity index (χ0v) is 16.6. The molecular weight excluding hydrogens is 372 g/mol. The van der Waals surface area contributed by atoms with Gasteiger partial charge in [0.15, 0.2) is 5.82 Å². The summed E-state index contributed by atoms with van der Waals surface area (Å²) < 4.78 is 0. The van der Waals surface area contributed by atoms with E-state index in [2.05, 4.69) is 69.2 Å². The van der Waals surface area contributed by atoms with Crippen LogP contribution in [0.4, 0.5) is 5.82 Å². The predicted molar refractivity (Wildman–Crippen MR) is 117 cm³/mol. The fourth-order valence-corrected chi connectivity index (χ4v) is 4.21. The molecule has 0 unspecified atom stereocenters. The van der Waals surface area contributed by atoms with Crippen molar-refractivity contribution in [2.24, 2.45) is 5.10 Å². The van der Waals surface area contributed by atoms with Crippen LogP contribution in [0.5, 0.6) is 0 Å². The van der Waals surface area contributed by atoms with Gasteiger partial charge in [0.25, 0.3) is 0 Å². The van der Waals surface area contributed by atoms with Gasteiger partial charge < -0.3 is 0 Å². The Kier molecular flexibility index (Phi) is 5.18. The maximum Gasteiger partial charge on any atom is 0.158 e. The predicted octanol–water partition coefficient (Wildman–Crippen LogP) is 5.83. The van der Waals surface area contributed by atoms with E-state index in [4.69, 9.17) is 0 Å². The highest BCUT2D eigenvalue weighted by atomic mass is 32.2. The Hall–Kier alpha value is -2.70. The van der Waals surface area contributed by atoms with Gasteiger partial charge >= 0.3 is 0 Å². The van der Waals surface area contributed by atoms with Crippen molar-refractivity contribution in [2.45, 2.75) is 11.8 Å². The molecule has 0 spiro atoms. The molecule has 0 aliphatic heterocycles. The number of nitrogens with zero attached hydrogens (tertiary/aromatic N) is 3. The highest BCUT2D eigenvalue weighted by Gasteiger charge is 2.11. The van der Waals surface area contributed by atoms with Crippen molar-refractivity contribution in [3.8, 4) is 10.4 Å². The third-order valence-electron chi connectivity index (χ3n) is 4.06. The number of benzene rings is 2. The first-order chi connectivity index (χ1) is 13.2. The van der Waals surface area contributed by atoms with Gasteiger partial charge in [-0.05, 0) is 42.5 Å². The Bertz CT molecular complexity index is 1090. The first-order valence-electron chi connectivity index (χ1n) is 8.49. The van der Waals surface area contributed by atoms with Crippen LogP contribution in [-0.4, -0.2) is 22.4 Å². The number of thioether (sulfide) groups is 1. The highest BCUT2D eigenvalue weighted by molar-refractivity contribution is 7.98. The number of fused-ring (bicyclic) bond motifs is 1. The largest absolute Gasteiger partial charge is 0.261 e. The smallest absolute Gasteiger partial charge is 0.158 e. The maximum absolute atomic E-state index is 4.58. The van der Waals surface area contributed by atoms with Crippen LogP contribution < -0.4 is 5.43 Å². The summed E-state index contributed by atoms with van der Waals surface area (Å²) in [6.45, 7) is 1.90. The van der Waals surface area contributed by atoms with Crippen molar-refractivity contribution >= 4 is 45.3 Å². The summed E-state index contributed by atoms with van der Waals surface area (Å²) in [4.78, 5) is 12.5. The van der Waals surface area contributed by atoms with Gasteiger partial charge in [-0.3, -0.25) is 5.43 Å². The van der Waals surface area contributed by atoms with Gasteiger partial charge in [0.1, 0.15) is 10.7 Å². The Morgan fingerprint density at radius 1 is 1.04 bits per heavy atom. The Balaban J connectivity index is 1.62. The fourth-order valence-electron chi connectivity index (χ4n) is 2.72. The second-order valence-corrected chi connectivity index (χ2v) is 7.87. The number of rotatable bonds is 5. The van der Waals surface area contributed by atoms with Crippen LogP contribution in [0.2, 0.25) is 0 Å². The van der Waals surface area contributed by atoms with E-state index in [1.165, 1.54) is 15.3 Å². The van der Waals surface area contributed by atoms with E-state index in [0.717, 1.165) is 27.4 Å². The SMILES string of the molecule is CSc1ccc(/C=N\Nc2nc(C)nc3sc(-c4ccccc4)cc23)cc1. The van der Waals surface area contributed by atoms with Gasteiger partial charge in [-0.2, -0.15) is 5.10 Å². The topological polar surface area (TPSA) is 50.2 Å². The minimum absolute atomic E-state index is 0.728. The van der Waals surface area contributed by atoms with Crippen molar-refractivity contribution in [3.05, 3.63) is 72.1 Å². The number of aromatic nitrogens is 2. The molecule has 134 valence electrons. The molecule has 27 heavy (non-hydrogen) atoms. The van der Waals surface area contributed by atoms with E-state index in [1.807, 2.05) is 25.1 Å². The second-order valence-electron chi connectivity index (χ2n) is 5.96. The molecule has 2 aromatic carbocycles. The Morgan fingerprint density at radius 2 is 1.81 bits per heavy atom. The van der Waals surface area contributed by atoms with E-state index in [9.17, 15) is 0 Å². The minimum Gasteiger partial charge on any atom is -0.261 e. The van der Waals surface area contributed by atoms with Crippen LogP contribution >= 0.6 is 23.1 Å². The van der Waals surface area contributed by atoms with Crippen molar-refractivity contribution in [3.63, 3.8) is 0 Å². The number of thiophene rings is 1. The van der Waals surface area contributed by atoms with Gasteiger partial charge in [-0.1, -0.05) is 42.5 Å². The summed E-state index contributed by atoms with van der Waals surface area (Å²) in [5.41, 5.74) is 5.31. The van der Waals surface area contributed by atoms with Crippen LogP contribution in [0.1, 0.15) is 11.4 Å². The summed E-state index contributed by atoms with van der Waals surface area (Å²) in [5.74, 6) is 1.46. The lowest BCUT2D eigenvalue weighted by Gasteiger charge is -2.02. The number of anilines is 1. The first-order valence-corrected chi connectivity index (χ1v) is 10.5. The van der Waals surface area contributed by atoms with Crippen molar-refractivity contribution in [1.82, 2.24) is 9.97 Å². The molecule has 2 aromatic heterocycles. The van der Waals surface area contributed by atoms with E-state index >= 15 is 0 Å². The van der Waals surface area contributed by atoms with Gasteiger partial charge in [0.05, 0.1) is 11.6 Å². The number of aryl methyl sites for hydroxylation is 1. The molecule has 6 heteroatoms. The lowest BCUT2D eigenvalue weighted by atomic mass is 10.2. The van der Waals surface area contributed by atoms with Crippen molar-refractivity contribution in [2.75, 3.05) is 11.7 Å². The molecule has 0 amide bonds. The summed E-state index contributed by atoms with van der Waals surface area (Å²) in [7, 11) is 0. The quantitative estimate of drug-likeness (QED) is 0.264. The fraction of sp³-hybridized carbons (Fsp3) is 0.0952. The molecular formula is C21H18N4S2. The molecule has 4 aromatic rings. The van der Waals surface area contributed by atoms with Crippen LogP contribution in [-0.2, 0) is 0 Å². The summed E-state index contributed by atoms with van der Waals surface area (Å²) in [6, 6.07) is 20.7. The summed E-state index contributed by atoms with van der Waals surface area (Å²) in [6.07, 6.45) is 3.87. The highest BCUT2D eigenvalue weighted by Crippen LogP contribution is 2.35. The molecule has 0 aliphatic rings. The molecule has 2 heterocycles. The summed E-state index contributed by atoms with van der Waals surface area (Å²) >= 11 is 3.39. The normalized spacial score (nSPS) is 11.3. The van der Waals surface area contributed by atoms with Crippen LogP contribution in [0, 0.1) is 6.92 Å². The molecule has 0 atom stereocenters. The monoisotopic (exact) mass is 390 g/mol. The molecule has 1 N–H and O–H groups in total. The Morgan fingerprint density at radius 3 is 2.56 bits per heavy atom. The number of hydrazone groups is 1. The second kappa shape index (κ2) is 7.90. The minimum atomic E-state index is 0.728. The van der Waals surface area contributed by atoms with E-state index in [-0.39, 0.29) is 0 Å². The number of hydrogen-bond donors (Lipinski definition) is 1. The Labute approximate surface area is 166 Å². The van der Waals surface area contributed by atoms with Gasteiger partial charge in [-0.15, -0.1) is 23.1 Å². The van der Waals surface area contributed by atoms with E-state index < -0.39 is 0 Å². The van der Waals surface area contributed by atoms with Gasteiger partial charge in [-0.25, -0.2) is 9.97 Å². The standard InChI is InChI=1S/C21H18N4S2/c1-14-23-20(25-22-13-15-8-10-17(26-2)11-9-15)18-12-19(27-21(18)24-14)16-6-4-3-5-7-16/h3-13H,1-2H3,(H,23,24,25)/b22-13-. The van der Waals surface area contributed by atoms with Crippen LogP contribution in [0.3, 0.4) is 0 Å². The molecule has 0 saturated carbocycles. The molecule has 4 rings (SSSR count). The number of hydrogen-bond acceptors (Lipinski definition) is 6.